The zero-order valence-corrected chi connectivity index (χ0v) is 14.1. The number of rotatable bonds is 8. The molecule has 2 N–H and O–H groups in total. The van der Waals surface area contributed by atoms with Crippen molar-refractivity contribution in [3.05, 3.63) is 54.6 Å². The van der Waals surface area contributed by atoms with E-state index in [9.17, 15) is 9.90 Å². The summed E-state index contributed by atoms with van der Waals surface area (Å²) in [6.07, 6.45) is -0.607. The number of aliphatic hydroxyl groups is 1. The predicted molar refractivity (Wildman–Crippen MR) is 95.9 cm³/mol. The number of nitrogens with zero attached hydrogens (tertiary/aromatic N) is 1. The second-order valence-electron chi connectivity index (χ2n) is 5.77. The standard InChI is InChI=1S/C19H24N2O3/c1-21(12-16(22)14-24-2)13-19(23)20-18-11-7-6-10-17(18)15-8-4-3-5-9-15/h3-11,16,22H,12-14H2,1-2H3,(H,20,23). The summed E-state index contributed by atoms with van der Waals surface area (Å²) >= 11 is 0. The Morgan fingerprint density at radius 1 is 1.17 bits per heavy atom. The Labute approximate surface area is 142 Å². The first-order chi connectivity index (χ1) is 11.6. The number of amides is 1. The number of hydrogen-bond donors (Lipinski definition) is 2. The van der Waals surface area contributed by atoms with Crippen molar-refractivity contribution in [3.63, 3.8) is 0 Å². The van der Waals surface area contributed by atoms with Crippen LogP contribution >= 0.6 is 0 Å². The van der Waals surface area contributed by atoms with E-state index in [1.54, 1.807) is 11.9 Å². The molecule has 0 heterocycles. The smallest absolute Gasteiger partial charge is 0.238 e. The fraction of sp³-hybridized carbons (Fsp3) is 0.316. The van der Waals surface area contributed by atoms with Crippen molar-refractivity contribution < 1.29 is 14.6 Å². The van der Waals surface area contributed by atoms with Crippen LogP contribution in [0, 0.1) is 0 Å². The van der Waals surface area contributed by atoms with Crippen LogP contribution in [0.1, 0.15) is 0 Å². The summed E-state index contributed by atoms with van der Waals surface area (Å²) in [6, 6.07) is 17.6. The fourth-order valence-corrected chi connectivity index (χ4v) is 2.57. The third-order valence-electron chi connectivity index (χ3n) is 3.58. The van der Waals surface area contributed by atoms with Gasteiger partial charge in [-0.25, -0.2) is 0 Å². The van der Waals surface area contributed by atoms with E-state index in [0.29, 0.717) is 6.54 Å². The number of carbonyl (C=O) groups is 1. The number of hydrogen-bond acceptors (Lipinski definition) is 4. The minimum Gasteiger partial charge on any atom is -0.389 e. The van der Waals surface area contributed by atoms with Crippen molar-refractivity contribution in [2.75, 3.05) is 39.2 Å². The maximum atomic E-state index is 12.3. The van der Waals surface area contributed by atoms with E-state index in [1.807, 2.05) is 54.6 Å². The summed E-state index contributed by atoms with van der Waals surface area (Å²) in [4.78, 5) is 14.0. The molecule has 0 aromatic heterocycles. The number of benzene rings is 2. The Bertz CT molecular complexity index is 646. The van der Waals surface area contributed by atoms with Crippen molar-refractivity contribution in [2.24, 2.45) is 0 Å². The van der Waals surface area contributed by atoms with Crippen LogP contribution in [0.25, 0.3) is 11.1 Å². The van der Waals surface area contributed by atoms with E-state index in [2.05, 4.69) is 5.32 Å². The van der Waals surface area contributed by atoms with Crippen LogP contribution in [0.15, 0.2) is 54.6 Å². The fourth-order valence-electron chi connectivity index (χ4n) is 2.57. The van der Waals surface area contributed by atoms with E-state index < -0.39 is 6.10 Å². The summed E-state index contributed by atoms with van der Waals surface area (Å²) in [5.41, 5.74) is 2.81. The molecule has 1 amide bonds. The van der Waals surface area contributed by atoms with Crippen molar-refractivity contribution in [3.8, 4) is 11.1 Å². The van der Waals surface area contributed by atoms with Crippen LogP contribution < -0.4 is 5.32 Å². The van der Waals surface area contributed by atoms with E-state index in [1.165, 1.54) is 7.11 Å². The zero-order valence-electron chi connectivity index (χ0n) is 14.1. The Balaban J connectivity index is 2.00. The Morgan fingerprint density at radius 2 is 1.83 bits per heavy atom. The van der Waals surface area contributed by atoms with Gasteiger partial charge in [-0.05, 0) is 18.7 Å². The molecule has 0 spiro atoms. The summed E-state index contributed by atoms with van der Waals surface area (Å²) in [5, 5.41) is 12.7. The van der Waals surface area contributed by atoms with Gasteiger partial charge in [0.2, 0.25) is 5.91 Å². The largest absolute Gasteiger partial charge is 0.389 e. The molecule has 0 bridgehead atoms. The normalized spacial score (nSPS) is 12.2. The van der Waals surface area contributed by atoms with E-state index >= 15 is 0 Å². The van der Waals surface area contributed by atoms with Crippen LogP contribution in [0.3, 0.4) is 0 Å². The molecule has 5 nitrogen and oxygen atoms in total. The van der Waals surface area contributed by atoms with Gasteiger partial charge in [-0.15, -0.1) is 0 Å². The minimum atomic E-state index is -0.607. The van der Waals surface area contributed by atoms with Crippen LogP contribution in [0.2, 0.25) is 0 Å². The average Bonchev–Trinajstić information content (AvgIpc) is 2.56. The van der Waals surface area contributed by atoms with Crippen LogP contribution in [-0.2, 0) is 9.53 Å². The number of nitrogens with one attached hydrogen (secondary N) is 1. The number of para-hydroxylation sites is 1. The van der Waals surface area contributed by atoms with Crippen molar-refractivity contribution >= 4 is 11.6 Å². The van der Waals surface area contributed by atoms with Crippen LogP contribution in [0.4, 0.5) is 5.69 Å². The Kier molecular flexibility index (Phi) is 6.93. The highest BCUT2D eigenvalue weighted by Gasteiger charge is 2.13. The Morgan fingerprint density at radius 3 is 2.54 bits per heavy atom. The highest BCUT2D eigenvalue weighted by molar-refractivity contribution is 5.96. The molecular weight excluding hydrogens is 304 g/mol. The third kappa shape index (κ3) is 5.45. The molecule has 0 aliphatic heterocycles. The van der Waals surface area contributed by atoms with Gasteiger partial charge < -0.3 is 15.2 Å². The highest BCUT2D eigenvalue weighted by atomic mass is 16.5. The summed E-state index contributed by atoms with van der Waals surface area (Å²) in [6.45, 7) is 0.828. The number of carbonyl (C=O) groups excluding carboxylic acids is 1. The number of likely N-dealkylation sites (N-methyl/N-ethyl adjacent to an activating group) is 1. The van der Waals surface area contributed by atoms with Crippen molar-refractivity contribution in [1.82, 2.24) is 4.90 Å². The van der Waals surface area contributed by atoms with Gasteiger partial charge in [0.15, 0.2) is 0 Å². The first kappa shape index (κ1) is 18.1. The number of aliphatic hydroxyl groups excluding tert-OH is 1. The molecule has 0 radical (unpaired) electrons. The van der Waals surface area contributed by atoms with Gasteiger partial charge in [-0.2, -0.15) is 0 Å². The predicted octanol–water partition coefficient (Wildman–Crippen LogP) is 2.23. The summed E-state index contributed by atoms with van der Waals surface area (Å²) < 4.78 is 4.89. The minimum absolute atomic E-state index is 0.120. The maximum Gasteiger partial charge on any atom is 0.238 e. The van der Waals surface area contributed by atoms with Crippen LogP contribution in [0.5, 0.6) is 0 Å². The number of methoxy groups -OCH3 is 1. The van der Waals surface area contributed by atoms with Gasteiger partial charge in [-0.1, -0.05) is 48.5 Å². The lowest BCUT2D eigenvalue weighted by molar-refractivity contribution is -0.117. The van der Waals surface area contributed by atoms with Crippen molar-refractivity contribution in [2.45, 2.75) is 6.10 Å². The lowest BCUT2D eigenvalue weighted by Gasteiger charge is -2.20. The third-order valence-corrected chi connectivity index (χ3v) is 3.58. The van der Waals surface area contributed by atoms with Gasteiger partial charge in [0.1, 0.15) is 0 Å². The molecule has 1 unspecified atom stereocenters. The van der Waals surface area contributed by atoms with E-state index in [-0.39, 0.29) is 19.1 Å². The number of ether oxygens (including phenoxy) is 1. The quantitative estimate of drug-likeness (QED) is 0.780. The molecule has 0 saturated carbocycles. The molecule has 128 valence electrons. The zero-order chi connectivity index (χ0) is 17.4. The lowest BCUT2D eigenvalue weighted by Crippen LogP contribution is -2.37. The van der Waals surface area contributed by atoms with Gasteiger partial charge in [0.25, 0.3) is 0 Å². The summed E-state index contributed by atoms with van der Waals surface area (Å²) in [5.74, 6) is -0.120. The monoisotopic (exact) mass is 328 g/mol. The highest BCUT2D eigenvalue weighted by Crippen LogP contribution is 2.27. The Hall–Kier alpha value is -2.21. The first-order valence-electron chi connectivity index (χ1n) is 7.90. The molecule has 0 aliphatic rings. The van der Waals surface area contributed by atoms with Gasteiger partial charge in [-0.3, -0.25) is 9.69 Å². The second-order valence-corrected chi connectivity index (χ2v) is 5.77. The molecule has 0 saturated heterocycles. The lowest BCUT2D eigenvalue weighted by atomic mass is 10.0. The van der Waals surface area contributed by atoms with Gasteiger partial charge in [0, 0.05) is 24.9 Å². The SMILES string of the molecule is COCC(O)CN(C)CC(=O)Nc1ccccc1-c1ccccc1. The molecule has 2 rings (SSSR count). The second kappa shape index (κ2) is 9.17. The first-order valence-corrected chi connectivity index (χ1v) is 7.90. The average molecular weight is 328 g/mol. The molecule has 24 heavy (non-hydrogen) atoms. The molecule has 2 aromatic rings. The van der Waals surface area contributed by atoms with E-state index in [0.717, 1.165) is 16.8 Å². The topological polar surface area (TPSA) is 61.8 Å². The number of anilines is 1. The summed E-state index contributed by atoms with van der Waals surface area (Å²) in [7, 11) is 3.33. The van der Waals surface area contributed by atoms with Crippen molar-refractivity contribution in [1.29, 1.82) is 0 Å². The molecule has 0 aliphatic carbocycles. The molecule has 0 fully saturated rings. The molecule has 1 atom stereocenters. The molecule has 5 heteroatoms. The molecular formula is C19H24N2O3. The maximum absolute atomic E-state index is 12.3. The van der Waals surface area contributed by atoms with Gasteiger partial charge in [0.05, 0.1) is 19.3 Å². The molecule has 2 aromatic carbocycles. The van der Waals surface area contributed by atoms with Gasteiger partial charge >= 0.3 is 0 Å². The van der Waals surface area contributed by atoms with E-state index in [4.69, 9.17) is 4.74 Å². The van der Waals surface area contributed by atoms with Crippen LogP contribution in [-0.4, -0.2) is 55.9 Å².